The highest BCUT2D eigenvalue weighted by Crippen LogP contribution is 2.18. The quantitative estimate of drug-likeness (QED) is 0.596. The Morgan fingerprint density at radius 1 is 1.44 bits per heavy atom. The minimum Gasteiger partial charge on any atom is -0.508 e. The molecule has 0 bridgehead atoms. The molecule has 1 aromatic rings. The zero-order valence-electron chi connectivity index (χ0n) is 8.71. The van der Waals surface area contributed by atoms with Gasteiger partial charge in [-0.25, -0.2) is 0 Å². The fourth-order valence-electron chi connectivity index (χ4n) is 1.06. The average Bonchev–Trinajstić information content (AvgIpc) is 2.16. The topological polar surface area (TPSA) is 83.8 Å². The summed E-state index contributed by atoms with van der Waals surface area (Å²) in [6.07, 6.45) is -0.203. The maximum atomic E-state index is 11.3. The Labute approximate surface area is 92.3 Å². The van der Waals surface area contributed by atoms with Gasteiger partial charge in [0.25, 0.3) is 0 Å². The lowest BCUT2D eigenvalue weighted by Gasteiger charge is -2.06. The number of carboxylic acids is 1. The molecule has 2 N–H and O–H groups in total. The maximum absolute atomic E-state index is 11.3. The van der Waals surface area contributed by atoms with E-state index in [9.17, 15) is 9.59 Å². The first-order chi connectivity index (χ1) is 7.49. The van der Waals surface area contributed by atoms with E-state index >= 15 is 0 Å². The van der Waals surface area contributed by atoms with E-state index in [-0.39, 0.29) is 17.9 Å². The molecule has 0 aliphatic carbocycles. The lowest BCUT2D eigenvalue weighted by molar-refractivity contribution is -0.146. The van der Waals surface area contributed by atoms with Gasteiger partial charge in [-0.05, 0) is 12.1 Å². The molecule has 1 atom stereocenters. The van der Waals surface area contributed by atoms with E-state index in [1.165, 1.54) is 31.2 Å². The number of hydrogen-bond acceptors (Lipinski definition) is 4. The number of rotatable bonds is 4. The molecule has 1 rings (SSSR count). The maximum Gasteiger partial charge on any atom is 0.312 e. The molecule has 0 fully saturated rings. The second-order valence-electron chi connectivity index (χ2n) is 3.41. The van der Waals surface area contributed by atoms with E-state index in [2.05, 4.69) is 0 Å². The normalized spacial score (nSPS) is 11.8. The Morgan fingerprint density at radius 3 is 2.69 bits per heavy atom. The van der Waals surface area contributed by atoms with Crippen LogP contribution in [-0.4, -0.2) is 22.2 Å². The number of carbonyl (C=O) groups is 2. The number of aliphatic carboxylic acids is 1. The van der Waals surface area contributed by atoms with Crippen molar-refractivity contribution in [3.8, 4) is 11.5 Å². The van der Waals surface area contributed by atoms with Crippen LogP contribution < -0.4 is 4.74 Å². The van der Waals surface area contributed by atoms with Crippen LogP contribution in [0.3, 0.4) is 0 Å². The minimum atomic E-state index is -1.05. The van der Waals surface area contributed by atoms with E-state index in [1.54, 1.807) is 0 Å². The molecule has 0 aromatic heterocycles. The fraction of sp³-hybridized carbons (Fsp3) is 0.273. The Hall–Kier alpha value is -2.04. The van der Waals surface area contributed by atoms with Crippen molar-refractivity contribution in [2.24, 2.45) is 5.92 Å². The summed E-state index contributed by atoms with van der Waals surface area (Å²) >= 11 is 0. The zero-order chi connectivity index (χ0) is 12.1. The number of carboxylic acid groups (broad SMARTS) is 1. The molecular formula is C11H12O5. The number of phenolic OH excluding ortho intramolecular Hbond substituents is 1. The van der Waals surface area contributed by atoms with Crippen LogP contribution in [0.5, 0.6) is 11.5 Å². The Bertz CT molecular complexity index is 399. The van der Waals surface area contributed by atoms with Gasteiger partial charge in [-0.2, -0.15) is 0 Å². The molecular weight excluding hydrogens is 212 g/mol. The van der Waals surface area contributed by atoms with Gasteiger partial charge in [-0.15, -0.1) is 0 Å². The second kappa shape index (κ2) is 5.16. The van der Waals surface area contributed by atoms with Gasteiger partial charge in [0.15, 0.2) is 0 Å². The Morgan fingerprint density at radius 2 is 2.12 bits per heavy atom. The molecule has 0 amide bonds. The number of ether oxygens (including phenoxy) is 1. The number of hydrogen-bond donors (Lipinski definition) is 2. The predicted molar refractivity (Wildman–Crippen MR) is 55.2 cm³/mol. The molecule has 86 valence electrons. The first kappa shape index (κ1) is 12.0. The van der Waals surface area contributed by atoms with Gasteiger partial charge in [0.2, 0.25) is 0 Å². The molecule has 0 aliphatic heterocycles. The molecule has 0 heterocycles. The van der Waals surface area contributed by atoms with Crippen molar-refractivity contribution in [2.75, 3.05) is 0 Å². The predicted octanol–water partition coefficient (Wildman–Crippen LogP) is 1.41. The first-order valence-corrected chi connectivity index (χ1v) is 4.71. The van der Waals surface area contributed by atoms with Crippen molar-refractivity contribution in [2.45, 2.75) is 13.3 Å². The van der Waals surface area contributed by atoms with Crippen molar-refractivity contribution in [1.82, 2.24) is 0 Å². The van der Waals surface area contributed by atoms with Gasteiger partial charge in [0.1, 0.15) is 11.5 Å². The van der Waals surface area contributed by atoms with Gasteiger partial charge >= 0.3 is 11.9 Å². The summed E-state index contributed by atoms with van der Waals surface area (Å²) in [4.78, 5) is 21.8. The van der Waals surface area contributed by atoms with Crippen LogP contribution in [0.4, 0.5) is 0 Å². The van der Waals surface area contributed by atoms with Crippen LogP contribution in [0.25, 0.3) is 0 Å². The fourth-order valence-corrected chi connectivity index (χ4v) is 1.06. The Balaban J connectivity index is 2.55. The van der Waals surface area contributed by atoms with Crippen molar-refractivity contribution in [3.63, 3.8) is 0 Å². The van der Waals surface area contributed by atoms with Gasteiger partial charge in [-0.1, -0.05) is 13.0 Å². The SMILES string of the molecule is CC(CC(=O)Oc1cccc(O)c1)C(=O)O. The lowest BCUT2D eigenvalue weighted by atomic mass is 10.1. The highest BCUT2D eigenvalue weighted by Gasteiger charge is 2.17. The molecule has 5 nitrogen and oxygen atoms in total. The molecule has 0 radical (unpaired) electrons. The minimum absolute atomic E-state index is 0.0171. The third-order valence-corrected chi connectivity index (χ3v) is 1.94. The molecule has 16 heavy (non-hydrogen) atoms. The first-order valence-electron chi connectivity index (χ1n) is 4.71. The summed E-state index contributed by atoms with van der Waals surface area (Å²) in [7, 11) is 0. The largest absolute Gasteiger partial charge is 0.508 e. The molecule has 5 heteroatoms. The van der Waals surface area contributed by atoms with Crippen LogP contribution in [-0.2, 0) is 9.59 Å². The van der Waals surface area contributed by atoms with E-state index < -0.39 is 17.9 Å². The van der Waals surface area contributed by atoms with Gasteiger partial charge in [0, 0.05) is 6.07 Å². The van der Waals surface area contributed by atoms with Crippen LogP contribution >= 0.6 is 0 Å². The van der Waals surface area contributed by atoms with Crippen LogP contribution in [0, 0.1) is 5.92 Å². The highest BCUT2D eigenvalue weighted by atomic mass is 16.5. The summed E-state index contributed by atoms with van der Waals surface area (Å²) in [5.41, 5.74) is 0. The molecule has 1 unspecified atom stereocenters. The molecule has 1 aromatic carbocycles. The average molecular weight is 224 g/mol. The van der Waals surface area contributed by atoms with Crippen LogP contribution in [0.1, 0.15) is 13.3 Å². The monoisotopic (exact) mass is 224 g/mol. The zero-order valence-corrected chi connectivity index (χ0v) is 8.71. The molecule has 0 spiro atoms. The van der Waals surface area contributed by atoms with Gasteiger partial charge in [0.05, 0.1) is 12.3 Å². The van der Waals surface area contributed by atoms with Gasteiger partial charge < -0.3 is 14.9 Å². The summed E-state index contributed by atoms with van der Waals surface area (Å²) in [5.74, 6) is -2.29. The van der Waals surface area contributed by atoms with Crippen molar-refractivity contribution in [1.29, 1.82) is 0 Å². The third kappa shape index (κ3) is 3.61. The van der Waals surface area contributed by atoms with E-state index in [4.69, 9.17) is 14.9 Å². The summed E-state index contributed by atoms with van der Waals surface area (Å²) in [6, 6.07) is 5.75. The van der Waals surface area contributed by atoms with Crippen LogP contribution in [0.15, 0.2) is 24.3 Å². The molecule has 0 saturated carbocycles. The standard InChI is InChI=1S/C11H12O5/c1-7(11(14)15)5-10(13)16-9-4-2-3-8(12)6-9/h2-4,6-7,12H,5H2,1H3,(H,14,15). The number of esters is 1. The molecule has 0 aliphatic rings. The number of benzene rings is 1. The number of aromatic hydroxyl groups is 1. The second-order valence-corrected chi connectivity index (χ2v) is 3.41. The van der Waals surface area contributed by atoms with E-state index in [1.807, 2.05) is 0 Å². The van der Waals surface area contributed by atoms with Crippen molar-refractivity contribution < 1.29 is 24.5 Å². The Kier molecular flexibility index (Phi) is 3.88. The van der Waals surface area contributed by atoms with Crippen molar-refractivity contribution >= 4 is 11.9 Å². The smallest absolute Gasteiger partial charge is 0.312 e. The lowest BCUT2D eigenvalue weighted by Crippen LogP contribution is -2.18. The number of carbonyl (C=O) groups excluding carboxylic acids is 1. The van der Waals surface area contributed by atoms with Crippen molar-refractivity contribution in [3.05, 3.63) is 24.3 Å². The van der Waals surface area contributed by atoms with E-state index in [0.717, 1.165) is 0 Å². The van der Waals surface area contributed by atoms with Gasteiger partial charge in [-0.3, -0.25) is 9.59 Å². The highest BCUT2D eigenvalue weighted by molar-refractivity contribution is 5.79. The number of phenols is 1. The summed E-state index contributed by atoms with van der Waals surface area (Å²) in [6.45, 7) is 1.42. The summed E-state index contributed by atoms with van der Waals surface area (Å²) < 4.78 is 4.85. The third-order valence-electron chi connectivity index (χ3n) is 1.94. The van der Waals surface area contributed by atoms with E-state index in [0.29, 0.717) is 0 Å². The van der Waals surface area contributed by atoms with Crippen LogP contribution in [0.2, 0.25) is 0 Å². The summed E-state index contributed by atoms with van der Waals surface area (Å²) in [5, 5.41) is 17.7. The molecule has 0 saturated heterocycles.